The Labute approximate surface area is 168 Å². The lowest BCUT2D eigenvalue weighted by Crippen LogP contribution is -2.32. The maximum absolute atomic E-state index is 12.8. The van der Waals surface area contributed by atoms with Crippen molar-refractivity contribution in [2.24, 2.45) is 0 Å². The third kappa shape index (κ3) is 3.27. The molecule has 2 heterocycles. The summed E-state index contributed by atoms with van der Waals surface area (Å²) in [6.07, 6.45) is 2.49. The van der Waals surface area contributed by atoms with E-state index in [-0.39, 0.29) is 11.4 Å². The molecule has 0 saturated carbocycles. The number of amides is 1. The molecule has 2 N–H and O–H groups in total. The van der Waals surface area contributed by atoms with Crippen LogP contribution in [-0.4, -0.2) is 40.3 Å². The summed E-state index contributed by atoms with van der Waals surface area (Å²) in [5.41, 5.74) is 2.98. The molecule has 1 aromatic heterocycles. The first kappa shape index (κ1) is 18.8. The third-order valence-electron chi connectivity index (χ3n) is 5.39. The van der Waals surface area contributed by atoms with Crippen molar-refractivity contribution in [1.82, 2.24) is 9.88 Å². The van der Waals surface area contributed by atoms with Gasteiger partial charge < -0.3 is 19.7 Å². The molecule has 0 aliphatic carbocycles. The van der Waals surface area contributed by atoms with Gasteiger partial charge in [-0.05, 0) is 42.7 Å². The number of nitrogens with one attached hydrogen (secondary N) is 1. The number of ketones is 1. The zero-order valence-electron chi connectivity index (χ0n) is 16.3. The van der Waals surface area contributed by atoms with Gasteiger partial charge in [-0.1, -0.05) is 30.3 Å². The number of nitrogens with zero attached hydrogens (tertiary/aromatic N) is 1. The minimum atomic E-state index is -0.582. The highest BCUT2D eigenvalue weighted by atomic mass is 16.5. The van der Waals surface area contributed by atoms with Crippen molar-refractivity contribution < 1.29 is 19.4 Å². The number of fused-ring (bicyclic) bond motifs is 1. The van der Waals surface area contributed by atoms with E-state index in [4.69, 9.17) is 4.74 Å². The monoisotopic (exact) mass is 390 g/mol. The first-order valence-electron chi connectivity index (χ1n) is 9.45. The molecule has 148 valence electrons. The quantitative estimate of drug-likeness (QED) is 0.672. The molecule has 2 aromatic carbocycles. The van der Waals surface area contributed by atoms with Gasteiger partial charge >= 0.3 is 0 Å². The topological polar surface area (TPSA) is 82.6 Å². The molecule has 0 saturated heterocycles. The van der Waals surface area contributed by atoms with Crippen molar-refractivity contribution in [2.75, 3.05) is 13.7 Å². The number of methoxy groups -OCH3 is 1. The van der Waals surface area contributed by atoms with Gasteiger partial charge in [-0.3, -0.25) is 9.59 Å². The molecule has 1 aliphatic rings. The largest absolute Gasteiger partial charge is 0.503 e. The van der Waals surface area contributed by atoms with Crippen molar-refractivity contribution in [3.63, 3.8) is 0 Å². The van der Waals surface area contributed by atoms with Crippen LogP contribution in [0.25, 0.3) is 10.9 Å². The van der Waals surface area contributed by atoms with E-state index in [0.717, 1.165) is 27.8 Å². The average Bonchev–Trinajstić information content (AvgIpc) is 3.25. The maximum Gasteiger partial charge on any atom is 0.290 e. The number of Topliss-reactive ketones (excluding diaryl/α,β-unsaturated/α-hetero) is 1. The summed E-state index contributed by atoms with van der Waals surface area (Å²) in [6, 6.07) is 14.5. The predicted molar refractivity (Wildman–Crippen MR) is 110 cm³/mol. The molecule has 0 spiro atoms. The second-order valence-corrected chi connectivity index (χ2v) is 7.11. The molecule has 3 aromatic rings. The number of aliphatic hydroxyl groups excluding tert-OH is 1. The number of hydrogen-bond donors (Lipinski definition) is 2. The van der Waals surface area contributed by atoms with E-state index in [1.54, 1.807) is 12.0 Å². The van der Waals surface area contributed by atoms with Gasteiger partial charge in [0.05, 0.1) is 18.7 Å². The molecule has 1 aliphatic heterocycles. The average molecular weight is 390 g/mol. The van der Waals surface area contributed by atoms with Crippen molar-refractivity contribution in [2.45, 2.75) is 19.4 Å². The number of benzene rings is 2. The minimum absolute atomic E-state index is 0.154. The highest BCUT2D eigenvalue weighted by molar-refractivity contribution is 6.08. The summed E-state index contributed by atoms with van der Waals surface area (Å²) in [4.78, 5) is 29.8. The number of rotatable bonds is 6. The van der Waals surface area contributed by atoms with Gasteiger partial charge in [-0.15, -0.1) is 0 Å². The van der Waals surface area contributed by atoms with Crippen LogP contribution in [0.4, 0.5) is 0 Å². The number of H-pyrrole nitrogens is 1. The molecule has 4 rings (SSSR count). The molecule has 1 amide bonds. The van der Waals surface area contributed by atoms with Crippen LogP contribution in [0, 0.1) is 0 Å². The van der Waals surface area contributed by atoms with Gasteiger partial charge in [0.2, 0.25) is 0 Å². The lowest BCUT2D eigenvalue weighted by atomic mass is 9.96. The van der Waals surface area contributed by atoms with Crippen LogP contribution in [0.5, 0.6) is 5.75 Å². The number of aromatic nitrogens is 1. The summed E-state index contributed by atoms with van der Waals surface area (Å²) in [5.74, 6) is -0.506. The van der Waals surface area contributed by atoms with E-state index < -0.39 is 17.7 Å². The van der Waals surface area contributed by atoms with Crippen LogP contribution in [-0.2, 0) is 16.0 Å². The Morgan fingerprint density at radius 2 is 1.97 bits per heavy atom. The van der Waals surface area contributed by atoms with Crippen LogP contribution in [0.2, 0.25) is 0 Å². The fourth-order valence-electron chi connectivity index (χ4n) is 3.96. The van der Waals surface area contributed by atoms with Crippen molar-refractivity contribution >= 4 is 22.6 Å². The van der Waals surface area contributed by atoms with Crippen LogP contribution in [0.3, 0.4) is 0 Å². The van der Waals surface area contributed by atoms with Crippen LogP contribution in [0.1, 0.15) is 24.1 Å². The summed E-state index contributed by atoms with van der Waals surface area (Å²) in [7, 11) is 1.62. The fraction of sp³-hybridized carbons (Fsp3) is 0.217. The van der Waals surface area contributed by atoms with E-state index in [2.05, 4.69) is 4.98 Å². The predicted octanol–water partition coefficient (Wildman–Crippen LogP) is 3.70. The number of aromatic amines is 1. The van der Waals surface area contributed by atoms with Crippen molar-refractivity contribution in [3.05, 3.63) is 77.2 Å². The molecule has 29 heavy (non-hydrogen) atoms. The zero-order chi connectivity index (χ0) is 20.5. The second kappa shape index (κ2) is 7.47. The molecular formula is C23H22N2O4. The van der Waals surface area contributed by atoms with E-state index >= 15 is 0 Å². The van der Waals surface area contributed by atoms with E-state index in [9.17, 15) is 14.7 Å². The molecule has 6 heteroatoms. The molecule has 1 unspecified atom stereocenters. The van der Waals surface area contributed by atoms with Gasteiger partial charge in [0.25, 0.3) is 5.91 Å². The van der Waals surface area contributed by atoms with Crippen molar-refractivity contribution in [3.8, 4) is 5.75 Å². The Morgan fingerprint density at radius 1 is 1.21 bits per heavy atom. The van der Waals surface area contributed by atoms with Crippen LogP contribution >= 0.6 is 0 Å². The van der Waals surface area contributed by atoms with Gasteiger partial charge in [-0.2, -0.15) is 0 Å². The molecule has 0 radical (unpaired) electrons. The summed E-state index contributed by atoms with van der Waals surface area (Å²) in [6.45, 7) is 1.74. The number of carbonyl (C=O) groups is 2. The van der Waals surface area contributed by atoms with Gasteiger partial charge in [-0.25, -0.2) is 0 Å². The molecular weight excluding hydrogens is 368 g/mol. The third-order valence-corrected chi connectivity index (χ3v) is 5.39. The van der Waals surface area contributed by atoms with Crippen LogP contribution < -0.4 is 4.74 Å². The first-order valence-corrected chi connectivity index (χ1v) is 9.45. The molecule has 0 fully saturated rings. The summed E-state index contributed by atoms with van der Waals surface area (Å²) < 4.78 is 5.32. The lowest BCUT2D eigenvalue weighted by Gasteiger charge is -2.26. The van der Waals surface area contributed by atoms with E-state index in [0.29, 0.717) is 13.0 Å². The number of carbonyl (C=O) groups excluding carboxylic acids is 2. The SMILES string of the molecule is COc1ccc2[nH]cc(CCN3C(=O)C(O)=C(C(C)=O)C3c3ccccc3)c2c1. The number of hydrogen-bond acceptors (Lipinski definition) is 4. The highest BCUT2D eigenvalue weighted by Crippen LogP contribution is 2.37. The smallest absolute Gasteiger partial charge is 0.290 e. The molecule has 1 atom stereocenters. The van der Waals surface area contributed by atoms with Crippen molar-refractivity contribution in [1.29, 1.82) is 0 Å². The fourth-order valence-corrected chi connectivity index (χ4v) is 3.96. The second-order valence-electron chi connectivity index (χ2n) is 7.11. The summed E-state index contributed by atoms with van der Waals surface area (Å²) >= 11 is 0. The Balaban J connectivity index is 1.65. The Morgan fingerprint density at radius 3 is 2.66 bits per heavy atom. The molecule has 6 nitrogen and oxygen atoms in total. The lowest BCUT2D eigenvalue weighted by molar-refractivity contribution is -0.129. The first-order chi connectivity index (χ1) is 14.0. The normalized spacial score (nSPS) is 16.7. The Bertz CT molecular complexity index is 1110. The number of aliphatic hydroxyl groups is 1. The standard InChI is InChI=1S/C23H22N2O4/c1-14(26)20-21(15-6-4-3-5-7-15)25(23(28)22(20)27)11-10-16-13-24-19-9-8-17(29-2)12-18(16)19/h3-9,12-13,21,24,27H,10-11H2,1-2H3. The number of ether oxygens (including phenoxy) is 1. The van der Waals surface area contributed by atoms with Gasteiger partial charge in [0.15, 0.2) is 11.5 Å². The van der Waals surface area contributed by atoms with Gasteiger partial charge in [0, 0.05) is 23.6 Å². The van der Waals surface area contributed by atoms with Gasteiger partial charge in [0.1, 0.15) is 5.75 Å². The maximum atomic E-state index is 12.8. The zero-order valence-corrected chi connectivity index (χ0v) is 16.3. The van der Waals surface area contributed by atoms with E-state index in [1.165, 1.54) is 6.92 Å². The highest BCUT2D eigenvalue weighted by Gasteiger charge is 2.41. The Kier molecular flexibility index (Phi) is 4.84. The van der Waals surface area contributed by atoms with Crippen LogP contribution in [0.15, 0.2) is 66.1 Å². The van der Waals surface area contributed by atoms with E-state index in [1.807, 2.05) is 54.7 Å². The minimum Gasteiger partial charge on any atom is -0.503 e. The Hall–Kier alpha value is -3.54. The summed E-state index contributed by atoms with van der Waals surface area (Å²) in [5, 5.41) is 11.4. The molecule has 0 bridgehead atoms.